The molecule has 1 aliphatic carbocycles. The van der Waals surface area contributed by atoms with Gasteiger partial charge in [-0.2, -0.15) is 5.10 Å². The molecule has 4 atom stereocenters. The van der Waals surface area contributed by atoms with Gasteiger partial charge in [0.2, 0.25) is 11.8 Å². The zero-order chi connectivity index (χ0) is 16.7. The first-order valence-corrected chi connectivity index (χ1v) is 8.98. The number of hydrogen-bond acceptors (Lipinski definition) is 4. The topological polar surface area (TPSA) is 79.3 Å². The molecule has 0 aromatic carbocycles. The van der Waals surface area contributed by atoms with Crippen LogP contribution in [0.15, 0.2) is 12.4 Å². The Morgan fingerprint density at radius 3 is 2.92 bits per heavy atom. The van der Waals surface area contributed by atoms with Gasteiger partial charge in [0.15, 0.2) is 0 Å². The molecule has 3 fully saturated rings. The standard InChI is InChI=1S/C17H25N5O2/c1-21-10-12(9-18-21)22-7-6-14(17(22)24)20-16(23)15-8-11-4-2-3-5-13(11)19-15/h9-11,13-15,19H,2-8H2,1H3,(H,20,23). The molecule has 2 saturated heterocycles. The Labute approximate surface area is 141 Å². The highest BCUT2D eigenvalue weighted by Crippen LogP contribution is 2.33. The van der Waals surface area contributed by atoms with Crippen molar-refractivity contribution in [1.82, 2.24) is 20.4 Å². The van der Waals surface area contributed by atoms with Crippen LogP contribution in [-0.4, -0.2) is 46.3 Å². The first-order valence-electron chi connectivity index (χ1n) is 8.98. The molecule has 7 heteroatoms. The van der Waals surface area contributed by atoms with E-state index in [1.807, 2.05) is 13.2 Å². The summed E-state index contributed by atoms with van der Waals surface area (Å²) >= 11 is 0. The van der Waals surface area contributed by atoms with E-state index in [1.54, 1.807) is 15.8 Å². The van der Waals surface area contributed by atoms with Gasteiger partial charge in [-0.3, -0.25) is 14.3 Å². The fourth-order valence-corrected chi connectivity index (χ4v) is 4.41. The van der Waals surface area contributed by atoms with Crippen molar-refractivity contribution in [1.29, 1.82) is 0 Å². The molecular weight excluding hydrogens is 306 g/mol. The number of hydrogen-bond donors (Lipinski definition) is 2. The lowest BCUT2D eigenvalue weighted by molar-refractivity contribution is -0.127. The van der Waals surface area contributed by atoms with E-state index in [-0.39, 0.29) is 17.9 Å². The molecular formula is C17H25N5O2. The molecule has 2 aliphatic heterocycles. The highest BCUT2D eigenvalue weighted by Gasteiger charge is 2.40. The van der Waals surface area contributed by atoms with Crippen LogP contribution in [0.3, 0.4) is 0 Å². The maximum Gasteiger partial charge on any atom is 0.249 e. The molecule has 2 N–H and O–H groups in total. The van der Waals surface area contributed by atoms with Crippen LogP contribution in [0.2, 0.25) is 0 Å². The second-order valence-corrected chi connectivity index (χ2v) is 7.32. The molecule has 1 aromatic heterocycles. The van der Waals surface area contributed by atoms with E-state index in [0.29, 0.717) is 24.9 Å². The average Bonchev–Trinajstić information content (AvgIpc) is 3.27. The van der Waals surface area contributed by atoms with Crippen molar-refractivity contribution < 1.29 is 9.59 Å². The predicted molar refractivity (Wildman–Crippen MR) is 89.4 cm³/mol. The van der Waals surface area contributed by atoms with Gasteiger partial charge < -0.3 is 15.5 Å². The number of carbonyl (C=O) groups excluding carboxylic acids is 2. The summed E-state index contributed by atoms with van der Waals surface area (Å²) in [5.41, 5.74) is 0.796. The summed E-state index contributed by atoms with van der Waals surface area (Å²) in [6, 6.07) is -0.0684. The summed E-state index contributed by atoms with van der Waals surface area (Å²) in [4.78, 5) is 26.9. The summed E-state index contributed by atoms with van der Waals surface area (Å²) in [6.45, 7) is 0.624. The summed E-state index contributed by atoms with van der Waals surface area (Å²) in [5.74, 6) is 0.572. The molecule has 3 aliphatic rings. The largest absolute Gasteiger partial charge is 0.343 e. The van der Waals surface area contributed by atoms with Gasteiger partial charge in [-0.1, -0.05) is 12.8 Å². The third kappa shape index (κ3) is 2.81. The lowest BCUT2D eigenvalue weighted by Gasteiger charge is -2.24. The summed E-state index contributed by atoms with van der Waals surface area (Å²) in [5, 5.41) is 10.6. The summed E-state index contributed by atoms with van der Waals surface area (Å²) in [7, 11) is 1.83. The van der Waals surface area contributed by atoms with E-state index in [2.05, 4.69) is 15.7 Å². The molecule has 130 valence electrons. The smallest absolute Gasteiger partial charge is 0.249 e. The normalized spacial score (nSPS) is 32.9. The number of aryl methyl sites for hydroxylation is 1. The van der Waals surface area contributed by atoms with Gasteiger partial charge in [-0.25, -0.2) is 0 Å². The van der Waals surface area contributed by atoms with Crippen LogP contribution in [-0.2, 0) is 16.6 Å². The van der Waals surface area contributed by atoms with Crippen molar-refractivity contribution in [3.8, 4) is 0 Å². The third-order valence-corrected chi connectivity index (χ3v) is 5.70. The van der Waals surface area contributed by atoms with Crippen LogP contribution < -0.4 is 15.5 Å². The molecule has 1 aromatic rings. The van der Waals surface area contributed by atoms with E-state index >= 15 is 0 Å². The first kappa shape index (κ1) is 15.6. The monoisotopic (exact) mass is 331 g/mol. The first-order chi connectivity index (χ1) is 11.6. The quantitative estimate of drug-likeness (QED) is 0.848. The molecule has 4 unspecified atom stereocenters. The molecule has 24 heavy (non-hydrogen) atoms. The van der Waals surface area contributed by atoms with Gasteiger partial charge in [-0.15, -0.1) is 0 Å². The lowest BCUT2D eigenvalue weighted by Crippen LogP contribution is -2.49. The average molecular weight is 331 g/mol. The highest BCUT2D eigenvalue weighted by atomic mass is 16.2. The van der Waals surface area contributed by atoms with Crippen LogP contribution in [0.5, 0.6) is 0 Å². The van der Waals surface area contributed by atoms with Gasteiger partial charge >= 0.3 is 0 Å². The van der Waals surface area contributed by atoms with Gasteiger partial charge in [0, 0.05) is 25.8 Å². The van der Waals surface area contributed by atoms with E-state index in [4.69, 9.17) is 0 Å². The summed E-state index contributed by atoms with van der Waals surface area (Å²) < 4.78 is 1.68. The van der Waals surface area contributed by atoms with Crippen LogP contribution in [0.1, 0.15) is 38.5 Å². The van der Waals surface area contributed by atoms with Crippen molar-refractivity contribution in [3.63, 3.8) is 0 Å². The van der Waals surface area contributed by atoms with E-state index in [0.717, 1.165) is 12.1 Å². The van der Waals surface area contributed by atoms with Gasteiger partial charge in [0.1, 0.15) is 6.04 Å². The predicted octanol–water partition coefficient (Wildman–Crippen LogP) is 0.562. The van der Waals surface area contributed by atoms with E-state index in [1.165, 1.54) is 25.7 Å². The SMILES string of the molecule is Cn1cc(N2CCC(NC(=O)C3CC4CCCCC4N3)C2=O)cn1. The number of amides is 2. The van der Waals surface area contributed by atoms with Gasteiger partial charge in [-0.05, 0) is 31.6 Å². The Kier molecular flexibility index (Phi) is 4.04. The molecule has 0 radical (unpaired) electrons. The van der Waals surface area contributed by atoms with Crippen molar-refractivity contribution >= 4 is 17.5 Å². The Morgan fingerprint density at radius 2 is 2.17 bits per heavy atom. The van der Waals surface area contributed by atoms with Gasteiger partial charge in [0.25, 0.3) is 0 Å². The van der Waals surface area contributed by atoms with Crippen LogP contribution >= 0.6 is 0 Å². The highest BCUT2D eigenvalue weighted by molar-refractivity contribution is 6.01. The van der Waals surface area contributed by atoms with Crippen LogP contribution in [0.4, 0.5) is 5.69 Å². The summed E-state index contributed by atoms with van der Waals surface area (Å²) in [6.07, 6.45) is 9.99. The molecule has 0 spiro atoms. The molecule has 3 heterocycles. The number of aromatic nitrogens is 2. The van der Waals surface area contributed by atoms with Crippen LogP contribution in [0, 0.1) is 5.92 Å². The minimum Gasteiger partial charge on any atom is -0.343 e. The van der Waals surface area contributed by atoms with Crippen molar-refractivity contribution in [3.05, 3.63) is 12.4 Å². The maximum absolute atomic E-state index is 12.6. The lowest BCUT2D eigenvalue weighted by atomic mass is 9.85. The van der Waals surface area contributed by atoms with Gasteiger partial charge in [0.05, 0.1) is 17.9 Å². The Bertz CT molecular complexity index is 629. The fraction of sp³-hybridized carbons (Fsp3) is 0.706. The number of nitrogens with zero attached hydrogens (tertiary/aromatic N) is 3. The Morgan fingerprint density at radius 1 is 1.33 bits per heavy atom. The molecule has 0 bridgehead atoms. The molecule has 7 nitrogen and oxygen atoms in total. The molecule has 1 saturated carbocycles. The Balaban J connectivity index is 1.36. The number of nitrogens with one attached hydrogen (secondary N) is 2. The number of fused-ring (bicyclic) bond motifs is 1. The third-order valence-electron chi connectivity index (χ3n) is 5.70. The molecule has 2 amide bonds. The fourth-order valence-electron chi connectivity index (χ4n) is 4.41. The number of rotatable bonds is 3. The second-order valence-electron chi connectivity index (χ2n) is 7.32. The number of carbonyl (C=O) groups is 2. The zero-order valence-electron chi connectivity index (χ0n) is 14.1. The van der Waals surface area contributed by atoms with E-state index < -0.39 is 6.04 Å². The number of anilines is 1. The minimum atomic E-state index is -0.415. The maximum atomic E-state index is 12.6. The molecule has 4 rings (SSSR count). The minimum absolute atomic E-state index is 0.0178. The van der Waals surface area contributed by atoms with Crippen LogP contribution in [0.25, 0.3) is 0 Å². The van der Waals surface area contributed by atoms with Crippen molar-refractivity contribution in [2.45, 2.75) is 56.7 Å². The van der Waals surface area contributed by atoms with Crippen molar-refractivity contribution in [2.24, 2.45) is 13.0 Å². The Hall–Kier alpha value is -1.89. The second kappa shape index (κ2) is 6.20. The zero-order valence-corrected chi connectivity index (χ0v) is 14.1. The van der Waals surface area contributed by atoms with Crippen molar-refractivity contribution in [2.75, 3.05) is 11.4 Å². The van der Waals surface area contributed by atoms with E-state index in [9.17, 15) is 9.59 Å².